The zero-order valence-corrected chi connectivity index (χ0v) is 9.58. The van der Waals surface area contributed by atoms with Gasteiger partial charge in [-0.15, -0.1) is 0 Å². The zero-order valence-electron chi connectivity index (χ0n) is 9.58. The second-order valence-electron chi connectivity index (χ2n) is 3.74. The van der Waals surface area contributed by atoms with Crippen molar-refractivity contribution in [1.29, 1.82) is 0 Å². The second kappa shape index (κ2) is 4.87. The molecule has 1 rings (SSSR count). The van der Waals surface area contributed by atoms with E-state index in [9.17, 15) is 27.2 Å². The Balaban J connectivity index is 3.57. The number of carbonyl (C=O) groups excluding carboxylic acids is 1. The van der Waals surface area contributed by atoms with E-state index in [0.717, 1.165) is 25.1 Å². The molecule has 2 N–H and O–H groups in total. The van der Waals surface area contributed by atoms with Crippen LogP contribution < -0.4 is 5.32 Å². The fourth-order valence-electron chi connectivity index (χ4n) is 1.59. The molecular formula is C11H9F4NO3. The Labute approximate surface area is 105 Å². The van der Waals surface area contributed by atoms with Gasteiger partial charge >= 0.3 is 12.1 Å². The summed E-state index contributed by atoms with van der Waals surface area (Å²) in [6.45, 7) is 0.739. The molecule has 104 valence electrons. The number of carboxylic acids is 1. The van der Waals surface area contributed by atoms with Crippen LogP contribution in [-0.2, 0) is 15.1 Å². The molecule has 0 radical (unpaired) electrons. The number of hydrogen-bond acceptors (Lipinski definition) is 2. The molecule has 0 aliphatic rings. The van der Waals surface area contributed by atoms with Gasteiger partial charge in [0.25, 0.3) is 5.54 Å². The lowest BCUT2D eigenvalue weighted by Gasteiger charge is -2.32. The van der Waals surface area contributed by atoms with Crippen LogP contribution in [0.4, 0.5) is 17.6 Å². The van der Waals surface area contributed by atoms with Gasteiger partial charge in [0, 0.05) is 12.5 Å². The third-order valence-corrected chi connectivity index (χ3v) is 2.37. The maximum absolute atomic E-state index is 13.1. The number of amides is 1. The molecule has 19 heavy (non-hydrogen) atoms. The van der Waals surface area contributed by atoms with Crippen molar-refractivity contribution in [3.63, 3.8) is 0 Å². The number of carboxylic acid groups (broad SMARTS) is 1. The fourth-order valence-corrected chi connectivity index (χ4v) is 1.59. The second-order valence-corrected chi connectivity index (χ2v) is 3.74. The van der Waals surface area contributed by atoms with Crippen LogP contribution >= 0.6 is 0 Å². The number of carbonyl (C=O) groups is 2. The van der Waals surface area contributed by atoms with Crippen LogP contribution in [-0.4, -0.2) is 23.2 Å². The Bertz CT molecular complexity index is 515. The highest BCUT2D eigenvalue weighted by atomic mass is 19.4. The maximum Gasteiger partial charge on any atom is 0.426 e. The Morgan fingerprint density at radius 3 is 2.21 bits per heavy atom. The van der Waals surface area contributed by atoms with E-state index >= 15 is 0 Å². The molecule has 1 aromatic carbocycles. The van der Waals surface area contributed by atoms with Crippen molar-refractivity contribution in [2.24, 2.45) is 0 Å². The van der Waals surface area contributed by atoms with Crippen molar-refractivity contribution in [2.75, 3.05) is 0 Å². The monoisotopic (exact) mass is 279 g/mol. The summed E-state index contributed by atoms with van der Waals surface area (Å²) < 4.78 is 52.3. The molecule has 0 fully saturated rings. The van der Waals surface area contributed by atoms with Crippen LogP contribution in [0.3, 0.4) is 0 Å². The number of halogens is 4. The molecule has 0 spiro atoms. The molecule has 0 saturated carbocycles. The number of nitrogens with one attached hydrogen (secondary N) is 1. The van der Waals surface area contributed by atoms with Gasteiger partial charge in [0.1, 0.15) is 5.82 Å². The fraction of sp³-hybridized carbons (Fsp3) is 0.273. The van der Waals surface area contributed by atoms with E-state index in [4.69, 9.17) is 5.11 Å². The first kappa shape index (κ1) is 14.9. The van der Waals surface area contributed by atoms with Gasteiger partial charge in [-0.25, -0.2) is 9.18 Å². The van der Waals surface area contributed by atoms with Gasteiger partial charge < -0.3 is 10.4 Å². The number of hydrogen-bond donors (Lipinski definition) is 2. The standard InChI is InChI=1S/C11H9F4NO3/c1-6(17)16-10(9(18)19,11(13,14)15)7-3-2-4-8(12)5-7/h2-5H,1H3,(H,16,17)(H,18,19). The van der Waals surface area contributed by atoms with E-state index in [1.165, 1.54) is 5.32 Å². The van der Waals surface area contributed by atoms with Crippen molar-refractivity contribution in [1.82, 2.24) is 5.32 Å². The third kappa shape index (κ3) is 2.67. The van der Waals surface area contributed by atoms with Gasteiger partial charge in [-0.1, -0.05) is 12.1 Å². The molecule has 0 aromatic heterocycles. The predicted molar refractivity (Wildman–Crippen MR) is 55.6 cm³/mol. The van der Waals surface area contributed by atoms with Crippen molar-refractivity contribution >= 4 is 11.9 Å². The molecule has 0 bridgehead atoms. The minimum atomic E-state index is -5.34. The van der Waals surface area contributed by atoms with E-state index in [2.05, 4.69) is 0 Å². The van der Waals surface area contributed by atoms with Gasteiger partial charge in [0.05, 0.1) is 0 Å². The van der Waals surface area contributed by atoms with Crippen molar-refractivity contribution in [3.8, 4) is 0 Å². The molecule has 8 heteroatoms. The van der Waals surface area contributed by atoms with E-state index in [1.54, 1.807) is 0 Å². The van der Waals surface area contributed by atoms with E-state index < -0.39 is 35.0 Å². The molecular weight excluding hydrogens is 270 g/mol. The Kier molecular flexibility index (Phi) is 3.83. The lowest BCUT2D eigenvalue weighted by atomic mass is 9.88. The summed E-state index contributed by atoms with van der Waals surface area (Å²) in [5.74, 6) is -4.59. The van der Waals surface area contributed by atoms with E-state index in [0.29, 0.717) is 6.07 Å². The van der Waals surface area contributed by atoms with Crippen LogP contribution in [0.2, 0.25) is 0 Å². The first-order valence-corrected chi connectivity index (χ1v) is 4.96. The highest BCUT2D eigenvalue weighted by Gasteiger charge is 2.63. The van der Waals surface area contributed by atoms with Crippen molar-refractivity contribution in [2.45, 2.75) is 18.6 Å². The average molecular weight is 279 g/mol. The summed E-state index contributed by atoms with van der Waals surface area (Å²) in [7, 11) is 0. The normalized spacial score (nSPS) is 14.6. The number of aliphatic carboxylic acids is 1. The molecule has 1 aromatic rings. The Morgan fingerprint density at radius 2 is 1.84 bits per heavy atom. The van der Waals surface area contributed by atoms with Crippen LogP contribution in [0, 0.1) is 5.82 Å². The highest BCUT2D eigenvalue weighted by molar-refractivity contribution is 5.88. The minimum Gasteiger partial charge on any atom is -0.479 e. The lowest BCUT2D eigenvalue weighted by Crippen LogP contribution is -2.60. The molecule has 1 unspecified atom stereocenters. The van der Waals surface area contributed by atoms with Gasteiger partial charge in [-0.2, -0.15) is 13.2 Å². The highest BCUT2D eigenvalue weighted by Crippen LogP contribution is 2.39. The van der Waals surface area contributed by atoms with Gasteiger partial charge in [0.15, 0.2) is 0 Å². The SMILES string of the molecule is CC(=O)NC(C(=O)O)(c1cccc(F)c1)C(F)(F)F. The first-order valence-electron chi connectivity index (χ1n) is 4.96. The summed E-state index contributed by atoms with van der Waals surface area (Å²) >= 11 is 0. The van der Waals surface area contributed by atoms with Crippen LogP contribution in [0.5, 0.6) is 0 Å². The van der Waals surface area contributed by atoms with Crippen LogP contribution in [0.1, 0.15) is 12.5 Å². The summed E-state index contributed by atoms with van der Waals surface area (Å²) in [4.78, 5) is 22.0. The average Bonchev–Trinajstić information content (AvgIpc) is 2.23. The third-order valence-electron chi connectivity index (χ3n) is 2.37. The molecule has 0 heterocycles. The largest absolute Gasteiger partial charge is 0.479 e. The van der Waals surface area contributed by atoms with Gasteiger partial charge in [-0.05, 0) is 12.1 Å². The summed E-state index contributed by atoms with van der Waals surface area (Å²) in [5.41, 5.74) is -4.59. The maximum atomic E-state index is 13.1. The topological polar surface area (TPSA) is 66.4 Å². The summed E-state index contributed by atoms with van der Waals surface area (Å²) in [6, 6.07) is 2.98. The van der Waals surface area contributed by atoms with E-state index in [-0.39, 0.29) is 0 Å². The zero-order chi connectivity index (χ0) is 14.8. The lowest BCUT2D eigenvalue weighted by molar-refractivity contribution is -0.214. The number of rotatable bonds is 3. The van der Waals surface area contributed by atoms with Crippen LogP contribution in [0.15, 0.2) is 24.3 Å². The molecule has 1 amide bonds. The van der Waals surface area contributed by atoms with Gasteiger partial charge in [0.2, 0.25) is 5.91 Å². The predicted octanol–water partition coefficient (Wildman–Crippen LogP) is 1.80. The molecule has 0 aliphatic heterocycles. The van der Waals surface area contributed by atoms with Gasteiger partial charge in [-0.3, -0.25) is 4.79 Å². The number of benzene rings is 1. The minimum absolute atomic E-state index is 0.414. The Hall–Kier alpha value is -2.12. The summed E-state index contributed by atoms with van der Waals surface area (Å²) in [6.07, 6.45) is -5.34. The molecule has 4 nitrogen and oxygen atoms in total. The quantitative estimate of drug-likeness (QED) is 0.829. The molecule has 0 saturated heterocycles. The molecule has 0 aliphatic carbocycles. The van der Waals surface area contributed by atoms with Crippen LogP contribution in [0.25, 0.3) is 0 Å². The van der Waals surface area contributed by atoms with Crippen molar-refractivity contribution < 1.29 is 32.3 Å². The smallest absolute Gasteiger partial charge is 0.426 e. The summed E-state index contributed by atoms with van der Waals surface area (Å²) in [5, 5.41) is 10.2. The van der Waals surface area contributed by atoms with Crippen molar-refractivity contribution in [3.05, 3.63) is 35.6 Å². The molecule has 1 atom stereocenters. The number of alkyl halides is 3. The van der Waals surface area contributed by atoms with E-state index in [1.807, 2.05) is 0 Å². The first-order chi connectivity index (χ1) is 8.61. The Morgan fingerprint density at radius 1 is 1.26 bits per heavy atom.